The fraction of sp³-hybridized carbons (Fsp3) is 1.00. The summed E-state index contributed by atoms with van der Waals surface area (Å²) in [5.74, 6) is 0.777. The van der Waals surface area contributed by atoms with Crippen molar-refractivity contribution in [2.24, 2.45) is 5.73 Å². The zero-order chi connectivity index (χ0) is 9.90. The van der Waals surface area contributed by atoms with Gasteiger partial charge in [0.2, 0.25) is 0 Å². The van der Waals surface area contributed by atoms with Crippen molar-refractivity contribution >= 4 is 11.8 Å². The van der Waals surface area contributed by atoms with Crippen molar-refractivity contribution in [3.63, 3.8) is 0 Å². The minimum Gasteiger partial charge on any atom is -0.388 e. The van der Waals surface area contributed by atoms with E-state index in [2.05, 4.69) is 5.32 Å². The first kappa shape index (κ1) is 11.3. The van der Waals surface area contributed by atoms with Crippen molar-refractivity contribution in [1.82, 2.24) is 5.32 Å². The van der Waals surface area contributed by atoms with Gasteiger partial charge in [0.05, 0.1) is 5.60 Å². The second-order valence-electron chi connectivity index (χ2n) is 4.24. The molecule has 1 atom stereocenters. The largest absolute Gasteiger partial charge is 0.388 e. The van der Waals surface area contributed by atoms with Gasteiger partial charge in [-0.15, -0.1) is 0 Å². The van der Waals surface area contributed by atoms with Gasteiger partial charge in [0.1, 0.15) is 0 Å². The minimum atomic E-state index is -0.584. The minimum absolute atomic E-state index is 0.378. The average Bonchev–Trinajstić information content (AvgIpc) is 1.96. The van der Waals surface area contributed by atoms with E-state index in [0.29, 0.717) is 18.6 Å². The Labute approximate surface area is 84.5 Å². The van der Waals surface area contributed by atoms with Crippen LogP contribution in [0.5, 0.6) is 0 Å². The van der Waals surface area contributed by atoms with Crippen molar-refractivity contribution < 1.29 is 5.11 Å². The molecule has 1 aliphatic carbocycles. The van der Waals surface area contributed by atoms with Gasteiger partial charge in [-0.05, 0) is 26.0 Å². The van der Waals surface area contributed by atoms with Crippen molar-refractivity contribution in [2.75, 3.05) is 18.6 Å². The summed E-state index contributed by atoms with van der Waals surface area (Å²) < 4.78 is 0. The highest BCUT2D eigenvalue weighted by molar-refractivity contribution is 7.98. The second-order valence-corrected chi connectivity index (χ2v) is 5.11. The maximum absolute atomic E-state index is 9.83. The van der Waals surface area contributed by atoms with E-state index in [1.54, 1.807) is 11.8 Å². The maximum atomic E-state index is 9.83. The Morgan fingerprint density at radius 1 is 1.62 bits per heavy atom. The van der Waals surface area contributed by atoms with Gasteiger partial charge in [-0.2, -0.15) is 11.8 Å². The average molecular weight is 204 g/mol. The Morgan fingerprint density at radius 3 is 2.69 bits per heavy atom. The van der Waals surface area contributed by atoms with Gasteiger partial charge in [0.15, 0.2) is 0 Å². The van der Waals surface area contributed by atoms with Gasteiger partial charge in [-0.25, -0.2) is 0 Å². The molecule has 1 aliphatic rings. The van der Waals surface area contributed by atoms with Crippen LogP contribution in [0.15, 0.2) is 0 Å². The van der Waals surface area contributed by atoms with Crippen LogP contribution in [-0.4, -0.2) is 41.3 Å². The molecule has 0 aromatic carbocycles. The molecule has 4 N–H and O–H groups in total. The molecule has 0 aromatic heterocycles. The van der Waals surface area contributed by atoms with Crippen LogP contribution in [0, 0.1) is 0 Å². The lowest BCUT2D eigenvalue weighted by Gasteiger charge is -2.35. The summed E-state index contributed by atoms with van der Waals surface area (Å²) in [5.41, 5.74) is 5.08. The van der Waals surface area contributed by atoms with E-state index in [1.165, 1.54) is 0 Å². The molecular weight excluding hydrogens is 184 g/mol. The third-order valence-electron chi connectivity index (χ3n) is 2.40. The summed E-state index contributed by atoms with van der Waals surface area (Å²) in [6.07, 6.45) is 4.11. The van der Waals surface area contributed by atoms with Crippen LogP contribution in [0.4, 0.5) is 0 Å². The van der Waals surface area contributed by atoms with Crippen molar-refractivity contribution in [2.45, 2.75) is 37.5 Å². The standard InChI is InChI=1S/C9H20N2OS/c1-9(12,6-13-2)5-11-8-3-7(10)4-8/h7-8,11-12H,3-6,10H2,1-2H3. The summed E-state index contributed by atoms with van der Waals surface area (Å²) in [6, 6.07) is 0.909. The van der Waals surface area contributed by atoms with Gasteiger partial charge in [-0.1, -0.05) is 0 Å². The molecule has 0 aliphatic heterocycles. The summed E-state index contributed by atoms with van der Waals surface area (Å²) >= 11 is 1.67. The Morgan fingerprint density at radius 2 is 2.23 bits per heavy atom. The van der Waals surface area contributed by atoms with Crippen LogP contribution in [0.2, 0.25) is 0 Å². The van der Waals surface area contributed by atoms with E-state index >= 15 is 0 Å². The molecule has 0 spiro atoms. The quantitative estimate of drug-likeness (QED) is 0.598. The molecule has 0 radical (unpaired) electrons. The Hall–Kier alpha value is 0.230. The van der Waals surface area contributed by atoms with Gasteiger partial charge < -0.3 is 16.2 Å². The third kappa shape index (κ3) is 3.85. The normalized spacial score (nSPS) is 32.3. The molecule has 1 saturated carbocycles. The van der Waals surface area contributed by atoms with Crippen molar-refractivity contribution in [1.29, 1.82) is 0 Å². The highest BCUT2D eigenvalue weighted by Gasteiger charge is 2.28. The van der Waals surface area contributed by atoms with Crippen LogP contribution >= 0.6 is 11.8 Å². The molecule has 0 bridgehead atoms. The molecule has 0 amide bonds. The molecular formula is C9H20N2OS. The van der Waals surface area contributed by atoms with Crippen molar-refractivity contribution in [3.8, 4) is 0 Å². The summed E-state index contributed by atoms with van der Waals surface area (Å²) in [6.45, 7) is 2.54. The van der Waals surface area contributed by atoms with E-state index in [1.807, 2.05) is 13.2 Å². The first-order chi connectivity index (χ1) is 6.03. The van der Waals surface area contributed by atoms with Crippen LogP contribution in [0.1, 0.15) is 19.8 Å². The fourth-order valence-corrected chi connectivity index (χ4v) is 2.28. The monoisotopic (exact) mass is 204 g/mol. The van der Waals surface area contributed by atoms with E-state index in [0.717, 1.165) is 18.6 Å². The van der Waals surface area contributed by atoms with Crippen LogP contribution in [-0.2, 0) is 0 Å². The molecule has 1 unspecified atom stereocenters. The van der Waals surface area contributed by atoms with Crippen LogP contribution in [0.3, 0.4) is 0 Å². The topological polar surface area (TPSA) is 58.3 Å². The lowest BCUT2D eigenvalue weighted by Crippen LogP contribution is -2.52. The molecule has 3 nitrogen and oxygen atoms in total. The zero-order valence-electron chi connectivity index (χ0n) is 8.42. The van der Waals surface area contributed by atoms with Gasteiger partial charge >= 0.3 is 0 Å². The molecule has 13 heavy (non-hydrogen) atoms. The predicted octanol–water partition coefficient (Wildman–Crippen LogP) is 0.180. The number of thioether (sulfide) groups is 1. The van der Waals surface area contributed by atoms with E-state index < -0.39 is 5.60 Å². The molecule has 1 fully saturated rings. The Balaban J connectivity index is 2.10. The van der Waals surface area contributed by atoms with Crippen LogP contribution in [0.25, 0.3) is 0 Å². The van der Waals surface area contributed by atoms with Gasteiger partial charge in [0, 0.05) is 24.4 Å². The second kappa shape index (κ2) is 4.64. The van der Waals surface area contributed by atoms with Crippen molar-refractivity contribution in [3.05, 3.63) is 0 Å². The van der Waals surface area contributed by atoms with E-state index in [4.69, 9.17) is 5.73 Å². The Bertz CT molecular complexity index is 158. The SMILES string of the molecule is CSCC(C)(O)CNC1CC(N)C1. The number of hydrogen-bond donors (Lipinski definition) is 3. The molecule has 4 heteroatoms. The van der Waals surface area contributed by atoms with Gasteiger partial charge in [0.25, 0.3) is 0 Å². The first-order valence-electron chi connectivity index (χ1n) is 4.74. The summed E-state index contributed by atoms with van der Waals surface area (Å²) in [7, 11) is 0. The lowest BCUT2D eigenvalue weighted by molar-refractivity contribution is 0.0758. The Kier molecular flexibility index (Phi) is 4.04. The highest BCUT2D eigenvalue weighted by atomic mass is 32.2. The number of nitrogens with one attached hydrogen (secondary N) is 1. The molecule has 1 rings (SSSR count). The predicted molar refractivity (Wildman–Crippen MR) is 58.0 cm³/mol. The molecule has 0 aromatic rings. The number of aliphatic hydroxyl groups is 1. The number of nitrogens with two attached hydrogens (primary N) is 1. The highest BCUT2D eigenvalue weighted by Crippen LogP contribution is 2.18. The summed E-state index contributed by atoms with van der Waals surface area (Å²) in [5, 5.41) is 13.2. The maximum Gasteiger partial charge on any atom is 0.0833 e. The van der Waals surface area contributed by atoms with Crippen LogP contribution < -0.4 is 11.1 Å². The number of rotatable bonds is 5. The molecule has 0 saturated heterocycles. The smallest absolute Gasteiger partial charge is 0.0833 e. The third-order valence-corrected chi connectivity index (χ3v) is 3.31. The van der Waals surface area contributed by atoms with E-state index in [-0.39, 0.29) is 0 Å². The van der Waals surface area contributed by atoms with E-state index in [9.17, 15) is 5.11 Å². The molecule has 78 valence electrons. The van der Waals surface area contributed by atoms with Gasteiger partial charge in [-0.3, -0.25) is 0 Å². The molecule has 0 heterocycles. The first-order valence-corrected chi connectivity index (χ1v) is 6.13. The number of hydrogen-bond acceptors (Lipinski definition) is 4. The fourth-order valence-electron chi connectivity index (χ4n) is 1.55. The zero-order valence-corrected chi connectivity index (χ0v) is 9.23. The lowest BCUT2D eigenvalue weighted by atomic mass is 9.87. The summed E-state index contributed by atoms with van der Waals surface area (Å²) in [4.78, 5) is 0.